The summed E-state index contributed by atoms with van der Waals surface area (Å²) in [4.78, 5) is 38.7. The number of nitrogens with zero attached hydrogens (tertiary/aromatic N) is 1. The highest BCUT2D eigenvalue weighted by Crippen LogP contribution is 2.38. The van der Waals surface area contributed by atoms with E-state index in [0.29, 0.717) is 53.6 Å². The summed E-state index contributed by atoms with van der Waals surface area (Å²) in [7, 11) is 0. The Balaban J connectivity index is 1.43. The first-order chi connectivity index (χ1) is 18.4. The van der Waals surface area contributed by atoms with Crippen molar-refractivity contribution in [1.29, 1.82) is 0 Å². The van der Waals surface area contributed by atoms with E-state index in [0.717, 1.165) is 4.90 Å². The quantitative estimate of drug-likeness (QED) is 0.172. The van der Waals surface area contributed by atoms with Gasteiger partial charge in [-0.1, -0.05) is 42.6 Å². The average molecular weight is 585 g/mol. The number of rotatable bonds is 9. The van der Waals surface area contributed by atoms with Gasteiger partial charge in [0.25, 0.3) is 5.91 Å². The van der Waals surface area contributed by atoms with Crippen LogP contribution in [0.4, 0.5) is 18.0 Å². The number of hydrogen-bond donors (Lipinski definition) is 1. The number of carbonyl (C=O) groups is 2. The highest BCUT2D eigenvalue weighted by Gasteiger charge is 2.48. The third kappa shape index (κ3) is 5.72. The number of ether oxygens (including phenoxy) is 1. The van der Waals surface area contributed by atoms with E-state index in [4.69, 9.17) is 32.4 Å². The van der Waals surface area contributed by atoms with Gasteiger partial charge in [-0.05, 0) is 56.0 Å². The predicted molar refractivity (Wildman–Crippen MR) is 140 cm³/mol. The molecule has 0 aliphatic carbocycles. The fourth-order valence-electron chi connectivity index (χ4n) is 4.58. The van der Waals surface area contributed by atoms with Crippen LogP contribution >= 0.6 is 23.2 Å². The second-order valence-corrected chi connectivity index (χ2v) is 10.2. The summed E-state index contributed by atoms with van der Waals surface area (Å²) in [5.74, 6) is -0.115. The molecule has 1 aliphatic heterocycles. The molecule has 12 heteroatoms. The van der Waals surface area contributed by atoms with Crippen LogP contribution in [0.15, 0.2) is 45.6 Å². The Morgan fingerprint density at radius 2 is 1.79 bits per heavy atom. The Kier molecular flexibility index (Phi) is 8.18. The Morgan fingerprint density at radius 1 is 1.05 bits per heavy atom. The highest BCUT2D eigenvalue weighted by atomic mass is 35.5. The van der Waals surface area contributed by atoms with Crippen LogP contribution in [0.3, 0.4) is 0 Å². The molecule has 1 atom stereocenters. The first-order valence-corrected chi connectivity index (χ1v) is 13.0. The van der Waals surface area contributed by atoms with Gasteiger partial charge in [-0.15, -0.1) is 0 Å². The van der Waals surface area contributed by atoms with Gasteiger partial charge in [-0.3, -0.25) is 9.69 Å². The summed E-state index contributed by atoms with van der Waals surface area (Å²) in [6.07, 6.45) is -2.93. The number of alkyl halides is 3. The van der Waals surface area contributed by atoms with E-state index < -0.39 is 34.8 Å². The number of imide groups is 1. The van der Waals surface area contributed by atoms with Gasteiger partial charge in [0.1, 0.15) is 16.9 Å². The van der Waals surface area contributed by atoms with Gasteiger partial charge in [0, 0.05) is 23.6 Å². The molecule has 1 aliphatic rings. The largest absolute Gasteiger partial charge is 0.493 e. The summed E-state index contributed by atoms with van der Waals surface area (Å²) in [5.41, 5.74) is -2.70. The number of amides is 3. The minimum absolute atomic E-state index is 0.133. The molecule has 1 aromatic heterocycles. The molecule has 208 valence electrons. The summed E-state index contributed by atoms with van der Waals surface area (Å²) < 4.78 is 51.5. The number of carbonyl (C=O) groups excluding carboxylic acids is 2. The van der Waals surface area contributed by atoms with Crippen LogP contribution in [0.2, 0.25) is 10.0 Å². The normalized spacial score (nSPS) is 17.7. The van der Waals surface area contributed by atoms with Crippen molar-refractivity contribution in [2.45, 2.75) is 51.2 Å². The molecule has 0 spiro atoms. The standard InChI is InChI=1S/C27H25Cl2F3N2O5/c1-3-6-17-21(10-8-16-18(27(30,31)32)14-22(35)39-23(16)17)38-12-5-4-11-34-24(36)26(2,33-25(34)37)15-7-9-19(28)20(29)13-15/h7-10,13-14H,3-6,11-12H2,1-2H3,(H,33,37). The van der Waals surface area contributed by atoms with Crippen molar-refractivity contribution in [2.24, 2.45) is 0 Å². The maximum atomic E-state index is 13.5. The SMILES string of the molecule is CCCc1c(OCCCCN2C(=O)NC(C)(c3ccc(Cl)c(Cl)c3)C2=O)ccc2c(C(F)(F)F)cc(=O)oc12. The van der Waals surface area contributed by atoms with E-state index in [1.165, 1.54) is 18.2 Å². The minimum Gasteiger partial charge on any atom is -0.493 e. The van der Waals surface area contributed by atoms with Crippen molar-refractivity contribution in [1.82, 2.24) is 10.2 Å². The van der Waals surface area contributed by atoms with Gasteiger partial charge in [0.2, 0.25) is 0 Å². The lowest BCUT2D eigenvalue weighted by Crippen LogP contribution is -2.41. The number of urea groups is 1. The second-order valence-electron chi connectivity index (χ2n) is 9.34. The van der Waals surface area contributed by atoms with Crippen molar-refractivity contribution in [3.8, 4) is 5.75 Å². The molecule has 0 bridgehead atoms. The zero-order valence-electron chi connectivity index (χ0n) is 21.1. The fourth-order valence-corrected chi connectivity index (χ4v) is 4.88. The van der Waals surface area contributed by atoms with Gasteiger partial charge >= 0.3 is 17.8 Å². The Labute approximate surface area is 231 Å². The van der Waals surface area contributed by atoms with E-state index in [9.17, 15) is 27.6 Å². The zero-order chi connectivity index (χ0) is 28.5. The van der Waals surface area contributed by atoms with E-state index in [1.807, 2.05) is 6.92 Å². The van der Waals surface area contributed by atoms with Crippen molar-refractivity contribution in [2.75, 3.05) is 13.2 Å². The fraction of sp³-hybridized carbons (Fsp3) is 0.370. The lowest BCUT2D eigenvalue weighted by atomic mass is 9.92. The van der Waals surface area contributed by atoms with E-state index in [-0.39, 0.29) is 29.1 Å². The summed E-state index contributed by atoms with van der Waals surface area (Å²) >= 11 is 12.1. The van der Waals surface area contributed by atoms with Gasteiger partial charge in [0.15, 0.2) is 0 Å². The van der Waals surface area contributed by atoms with Crippen LogP contribution in [0, 0.1) is 0 Å². The Bertz CT molecular complexity index is 1490. The molecule has 2 aromatic carbocycles. The topological polar surface area (TPSA) is 88.9 Å². The lowest BCUT2D eigenvalue weighted by Gasteiger charge is -2.22. The number of benzene rings is 2. The molecule has 1 fully saturated rings. The molecule has 3 amide bonds. The third-order valence-corrected chi connectivity index (χ3v) is 7.32. The minimum atomic E-state index is -4.71. The summed E-state index contributed by atoms with van der Waals surface area (Å²) in [6.45, 7) is 3.74. The zero-order valence-corrected chi connectivity index (χ0v) is 22.6. The first kappa shape index (κ1) is 28.8. The lowest BCUT2D eigenvalue weighted by molar-refractivity contribution is -0.136. The second kappa shape index (κ2) is 11.1. The number of halogens is 5. The molecule has 2 heterocycles. The molecular weight excluding hydrogens is 560 g/mol. The van der Waals surface area contributed by atoms with E-state index >= 15 is 0 Å². The number of unbranched alkanes of at least 4 members (excludes halogenated alkanes) is 1. The van der Waals surface area contributed by atoms with Crippen molar-refractivity contribution in [3.05, 3.63) is 73.6 Å². The molecule has 1 unspecified atom stereocenters. The summed E-state index contributed by atoms with van der Waals surface area (Å²) in [6, 6.07) is 7.29. The summed E-state index contributed by atoms with van der Waals surface area (Å²) in [5, 5.41) is 3.09. The number of hydrogen-bond acceptors (Lipinski definition) is 5. The van der Waals surface area contributed by atoms with Crippen molar-refractivity contribution in [3.63, 3.8) is 0 Å². The molecule has 39 heavy (non-hydrogen) atoms. The van der Waals surface area contributed by atoms with E-state index in [2.05, 4.69) is 5.32 Å². The van der Waals surface area contributed by atoms with Crippen LogP contribution in [0.5, 0.6) is 5.75 Å². The van der Waals surface area contributed by atoms with Crippen LogP contribution < -0.4 is 15.7 Å². The number of nitrogens with one attached hydrogen (secondary N) is 1. The smallest absolute Gasteiger partial charge is 0.417 e. The van der Waals surface area contributed by atoms with Gasteiger partial charge in [-0.2, -0.15) is 13.2 Å². The van der Waals surface area contributed by atoms with Crippen LogP contribution in [-0.2, 0) is 22.9 Å². The van der Waals surface area contributed by atoms with Gasteiger partial charge < -0.3 is 14.5 Å². The molecule has 0 radical (unpaired) electrons. The predicted octanol–water partition coefficient (Wildman–Crippen LogP) is 6.70. The monoisotopic (exact) mass is 584 g/mol. The van der Waals surface area contributed by atoms with Gasteiger partial charge in [0.05, 0.1) is 22.2 Å². The van der Waals surface area contributed by atoms with Crippen LogP contribution in [0.1, 0.15) is 49.8 Å². The third-order valence-electron chi connectivity index (χ3n) is 6.58. The molecule has 7 nitrogen and oxygen atoms in total. The maximum absolute atomic E-state index is 13.5. The molecule has 1 saturated heterocycles. The van der Waals surface area contributed by atoms with Crippen LogP contribution in [-0.4, -0.2) is 30.0 Å². The van der Waals surface area contributed by atoms with E-state index in [1.54, 1.807) is 19.1 Å². The van der Waals surface area contributed by atoms with Crippen LogP contribution in [0.25, 0.3) is 11.0 Å². The molecule has 4 rings (SSSR count). The molecule has 0 saturated carbocycles. The average Bonchev–Trinajstić information content (AvgIpc) is 3.09. The molecule has 1 N–H and O–H groups in total. The molecule has 3 aromatic rings. The van der Waals surface area contributed by atoms with Gasteiger partial charge in [-0.25, -0.2) is 9.59 Å². The maximum Gasteiger partial charge on any atom is 0.417 e. The van der Waals surface area contributed by atoms with Crippen molar-refractivity contribution >= 4 is 46.1 Å². The Morgan fingerprint density at radius 3 is 2.46 bits per heavy atom. The van der Waals surface area contributed by atoms with Crippen molar-refractivity contribution < 1.29 is 31.9 Å². The Hall–Kier alpha value is -3.24. The number of fused-ring (bicyclic) bond motifs is 1. The molecular formula is C27H25Cl2F3N2O5. The number of aryl methyl sites for hydroxylation is 1. The highest BCUT2D eigenvalue weighted by molar-refractivity contribution is 6.42. The first-order valence-electron chi connectivity index (χ1n) is 12.3.